The number of carbonyl (C=O) groups is 2. The molecule has 2 aromatic rings. The van der Waals surface area contributed by atoms with Crippen LogP contribution in [0, 0.1) is 11.6 Å². The van der Waals surface area contributed by atoms with Gasteiger partial charge in [0.05, 0.1) is 17.4 Å². The third-order valence-electron chi connectivity index (χ3n) is 3.00. The van der Waals surface area contributed by atoms with E-state index in [2.05, 4.69) is 5.32 Å². The molecule has 0 radical (unpaired) electrons. The van der Waals surface area contributed by atoms with Crippen LogP contribution in [0.25, 0.3) is 0 Å². The van der Waals surface area contributed by atoms with Gasteiger partial charge in [-0.15, -0.1) is 11.8 Å². The third-order valence-corrected chi connectivity index (χ3v) is 4.05. The van der Waals surface area contributed by atoms with Crippen LogP contribution >= 0.6 is 11.8 Å². The molecule has 0 aliphatic rings. The van der Waals surface area contributed by atoms with Gasteiger partial charge in [0.2, 0.25) is 5.91 Å². The molecule has 2 aromatic carbocycles. The van der Waals surface area contributed by atoms with Crippen LogP contribution in [0.2, 0.25) is 0 Å². The normalized spacial score (nSPS) is 10.6. The van der Waals surface area contributed by atoms with Crippen LogP contribution < -0.4 is 5.32 Å². The third kappa shape index (κ3) is 5.86. The summed E-state index contributed by atoms with van der Waals surface area (Å²) in [6, 6.07) is 9.46. The number of rotatable bonds is 6. The molecule has 0 saturated heterocycles. The molecule has 0 aliphatic carbocycles. The van der Waals surface area contributed by atoms with Gasteiger partial charge in [-0.25, -0.2) is 13.6 Å². The summed E-state index contributed by atoms with van der Waals surface area (Å²) >= 11 is 0.970. The maximum absolute atomic E-state index is 13.5. The highest BCUT2D eigenvalue weighted by molar-refractivity contribution is 8.00. The minimum atomic E-state index is -0.703. The molecule has 132 valence electrons. The van der Waals surface area contributed by atoms with E-state index in [4.69, 9.17) is 4.74 Å². The molecule has 1 amide bonds. The van der Waals surface area contributed by atoms with E-state index >= 15 is 0 Å². The van der Waals surface area contributed by atoms with Crippen molar-refractivity contribution in [2.45, 2.75) is 24.8 Å². The molecular weight excluding hydrogens is 348 g/mol. The van der Waals surface area contributed by atoms with E-state index in [-0.39, 0.29) is 22.7 Å². The van der Waals surface area contributed by atoms with Gasteiger partial charge in [-0.1, -0.05) is 0 Å². The lowest BCUT2D eigenvalue weighted by atomic mass is 10.2. The predicted molar refractivity (Wildman–Crippen MR) is 92.7 cm³/mol. The minimum Gasteiger partial charge on any atom is -0.459 e. The molecule has 0 spiro atoms. The van der Waals surface area contributed by atoms with E-state index in [9.17, 15) is 18.4 Å². The van der Waals surface area contributed by atoms with Gasteiger partial charge in [0, 0.05) is 16.6 Å². The summed E-state index contributed by atoms with van der Waals surface area (Å²) in [5.41, 5.74) is 0.890. The van der Waals surface area contributed by atoms with Gasteiger partial charge >= 0.3 is 5.97 Å². The van der Waals surface area contributed by atoms with Crippen LogP contribution in [-0.4, -0.2) is 23.7 Å². The zero-order valence-electron chi connectivity index (χ0n) is 13.7. The first-order valence-corrected chi connectivity index (χ1v) is 8.52. The van der Waals surface area contributed by atoms with Crippen LogP contribution in [0.4, 0.5) is 14.5 Å². The Hall–Kier alpha value is -2.41. The summed E-state index contributed by atoms with van der Waals surface area (Å²) in [5.74, 6) is -2.17. The van der Waals surface area contributed by atoms with Crippen molar-refractivity contribution in [3.8, 4) is 0 Å². The number of hydrogen-bond acceptors (Lipinski definition) is 4. The Balaban J connectivity index is 1.89. The van der Waals surface area contributed by atoms with Gasteiger partial charge in [-0.3, -0.25) is 4.79 Å². The molecule has 0 heterocycles. The number of benzene rings is 2. The number of carbonyl (C=O) groups excluding carboxylic acids is 2. The van der Waals surface area contributed by atoms with Crippen molar-refractivity contribution < 1.29 is 23.1 Å². The number of esters is 1. The van der Waals surface area contributed by atoms with Crippen molar-refractivity contribution in [1.82, 2.24) is 0 Å². The highest BCUT2D eigenvalue weighted by atomic mass is 32.2. The highest BCUT2D eigenvalue weighted by Crippen LogP contribution is 2.22. The van der Waals surface area contributed by atoms with Gasteiger partial charge in [0.25, 0.3) is 0 Å². The number of anilines is 1. The zero-order chi connectivity index (χ0) is 18.4. The first kappa shape index (κ1) is 18.9. The smallest absolute Gasteiger partial charge is 0.338 e. The number of hydrogen-bond donors (Lipinski definition) is 1. The summed E-state index contributed by atoms with van der Waals surface area (Å²) < 4.78 is 31.4. The Morgan fingerprint density at radius 1 is 1.12 bits per heavy atom. The Bertz CT molecular complexity index is 763. The van der Waals surface area contributed by atoms with Crippen molar-refractivity contribution >= 4 is 29.3 Å². The van der Waals surface area contributed by atoms with Gasteiger partial charge in [0.15, 0.2) is 0 Å². The minimum absolute atomic E-state index is 0.0281. The second-order valence-electron chi connectivity index (χ2n) is 5.44. The first-order chi connectivity index (χ1) is 11.8. The molecule has 4 nitrogen and oxygen atoms in total. The lowest BCUT2D eigenvalue weighted by molar-refractivity contribution is -0.113. The van der Waals surface area contributed by atoms with Crippen LogP contribution in [0.5, 0.6) is 0 Å². The lowest BCUT2D eigenvalue weighted by Gasteiger charge is -2.09. The van der Waals surface area contributed by atoms with E-state index in [1.807, 2.05) is 0 Å². The zero-order valence-corrected chi connectivity index (χ0v) is 14.5. The standard InChI is InChI=1S/C18H17F2NO3S/c1-11(2)24-18(23)12-3-6-14(7-4-12)21-17(22)10-25-16-8-5-13(19)9-15(16)20/h3-9,11H,10H2,1-2H3,(H,21,22). The molecule has 0 aliphatic heterocycles. The second kappa shape index (κ2) is 8.62. The Labute approximate surface area is 148 Å². The molecule has 25 heavy (non-hydrogen) atoms. The maximum atomic E-state index is 13.5. The predicted octanol–water partition coefficient (Wildman–Crippen LogP) is 4.26. The molecule has 0 saturated carbocycles. The molecule has 2 rings (SSSR count). The summed E-state index contributed by atoms with van der Waals surface area (Å²) in [6.07, 6.45) is -0.212. The van der Waals surface area contributed by atoms with Crippen molar-refractivity contribution in [2.75, 3.05) is 11.1 Å². The summed E-state index contributed by atoms with van der Waals surface area (Å²) in [7, 11) is 0. The molecular formula is C18H17F2NO3S. The quantitative estimate of drug-likeness (QED) is 0.614. The largest absolute Gasteiger partial charge is 0.459 e. The molecule has 7 heteroatoms. The van der Waals surface area contributed by atoms with Crippen molar-refractivity contribution in [1.29, 1.82) is 0 Å². The number of thioether (sulfide) groups is 1. The molecule has 0 unspecified atom stereocenters. The molecule has 0 bridgehead atoms. The monoisotopic (exact) mass is 365 g/mol. The van der Waals surface area contributed by atoms with Crippen molar-refractivity contribution in [2.24, 2.45) is 0 Å². The van der Waals surface area contributed by atoms with Crippen molar-refractivity contribution in [3.63, 3.8) is 0 Å². The number of amides is 1. The SMILES string of the molecule is CC(C)OC(=O)c1ccc(NC(=O)CSc2ccc(F)cc2F)cc1. The fourth-order valence-electron chi connectivity index (χ4n) is 1.90. The van der Waals surface area contributed by atoms with Crippen LogP contribution in [0.3, 0.4) is 0 Å². The highest BCUT2D eigenvalue weighted by Gasteiger charge is 2.11. The van der Waals surface area contributed by atoms with Crippen molar-refractivity contribution in [3.05, 3.63) is 59.7 Å². The van der Waals surface area contributed by atoms with Crippen LogP contribution in [0.1, 0.15) is 24.2 Å². The lowest BCUT2D eigenvalue weighted by Crippen LogP contribution is -2.15. The summed E-state index contributed by atoms with van der Waals surface area (Å²) in [5, 5.41) is 2.64. The average Bonchev–Trinajstić information content (AvgIpc) is 2.54. The van der Waals surface area contributed by atoms with Gasteiger partial charge in [0.1, 0.15) is 11.6 Å². The fraction of sp³-hybridized carbons (Fsp3) is 0.222. The van der Waals surface area contributed by atoms with Crippen LogP contribution in [0.15, 0.2) is 47.4 Å². The van der Waals surface area contributed by atoms with E-state index in [1.54, 1.807) is 38.1 Å². The number of halogens is 2. The molecule has 0 atom stereocenters. The Morgan fingerprint density at radius 3 is 2.40 bits per heavy atom. The van der Waals surface area contributed by atoms with Gasteiger partial charge in [-0.2, -0.15) is 0 Å². The van der Waals surface area contributed by atoms with Gasteiger partial charge < -0.3 is 10.1 Å². The maximum Gasteiger partial charge on any atom is 0.338 e. The van der Waals surface area contributed by atoms with E-state index in [0.29, 0.717) is 11.3 Å². The molecule has 0 aromatic heterocycles. The Kier molecular flexibility index (Phi) is 6.52. The fourth-order valence-corrected chi connectivity index (χ4v) is 2.62. The van der Waals surface area contributed by atoms with E-state index in [1.165, 1.54) is 6.07 Å². The Morgan fingerprint density at radius 2 is 1.80 bits per heavy atom. The van der Waals surface area contributed by atoms with E-state index in [0.717, 1.165) is 23.9 Å². The second-order valence-corrected chi connectivity index (χ2v) is 6.46. The number of nitrogens with one attached hydrogen (secondary N) is 1. The first-order valence-electron chi connectivity index (χ1n) is 7.54. The number of ether oxygens (including phenoxy) is 1. The van der Waals surface area contributed by atoms with Crippen LogP contribution in [-0.2, 0) is 9.53 Å². The topological polar surface area (TPSA) is 55.4 Å². The summed E-state index contributed by atoms with van der Waals surface area (Å²) in [6.45, 7) is 3.52. The van der Waals surface area contributed by atoms with E-state index < -0.39 is 17.6 Å². The van der Waals surface area contributed by atoms with Gasteiger partial charge in [-0.05, 0) is 50.2 Å². The molecule has 0 fully saturated rings. The molecule has 1 N–H and O–H groups in total. The summed E-state index contributed by atoms with van der Waals surface area (Å²) in [4.78, 5) is 23.8. The average molecular weight is 365 g/mol.